The summed E-state index contributed by atoms with van der Waals surface area (Å²) in [6.45, 7) is 17.6. The van der Waals surface area contributed by atoms with E-state index in [1.54, 1.807) is 0 Å². The highest BCUT2D eigenvalue weighted by molar-refractivity contribution is 5.61. The first-order valence-corrected chi connectivity index (χ1v) is 6.72. The van der Waals surface area contributed by atoms with Gasteiger partial charge in [0.15, 0.2) is 0 Å². The lowest BCUT2D eigenvalue weighted by atomic mass is 9.83. The Labute approximate surface area is 107 Å². The van der Waals surface area contributed by atoms with Crippen LogP contribution in [0.2, 0.25) is 0 Å². The molecule has 0 saturated carbocycles. The fraction of sp³-hybridized carbons (Fsp3) is 0.529. The van der Waals surface area contributed by atoms with Gasteiger partial charge in [0.05, 0.1) is 0 Å². The van der Waals surface area contributed by atoms with E-state index in [2.05, 4.69) is 54.2 Å². The van der Waals surface area contributed by atoms with Gasteiger partial charge in [-0.25, -0.2) is 0 Å². The highest BCUT2D eigenvalue weighted by Gasteiger charge is 2.15. The standard InChI is InChI=1S/C17H26/c1-8-14-13(7)15(9-2)17(12(5)6)10-16(14)11(3)4/h8,10-12H,1,9H2,2-7H3. The van der Waals surface area contributed by atoms with Crippen LogP contribution < -0.4 is 0 Å². The molecule has 1 rings (SSSR count). The first kappa shape index (κ1) is 14.0. The first-order chi connectivity index (χ1) is 7.93. The molecule has 0 nitrogen and oxygen atoms in total. The zero-order valence-electron chi connectivity index (χ0n) is 12.2. The Morgan fingerprint density at radius 2 is 1.65 bits per heavy atom. The van der Waals surface area contributed by atoms with Gasteiger partial charge in [0.25, 0.3) is 0 Å². The molecule has 0 N–H and O–H groups in total. The van der Waals surface area contributed by atoms with Crippen molar-refractivity contribution in [3.8, 4) is 0 Å². The molecule has 0 bridgehead atoms. The summed E-state index contributed by atoms with van der Waals surface area (Å²) < 4.78 is 0. The first-order valence-electron chi connectivity index (χ1n) is 6.72. The Kier molecular flexibility index (Phi) is 4.56. The lowest BCUT2D eigenvalue weighted by Gasteiger charge is -2.22. The molecule has 0 heteroatoms. The second kappa shape index (κ2) is 5.53. The Bertz CT molecular complexity index is 409. The number of rotatable bonds is 4. The average molecular weight is 230 g/mol. The fourth-order valence-corrected chi connectivity index (χ4v) is 2.66. The summed E-state index contributed by atoms with van der Waals surface area (Å²) in [5.74, 6) is 1.16. The quantitative estimate of drug-likeness (QED) is 0.645. The number of benzene rings is 1. The van der Waals surface area contributed by atoms with E-state index in [9.17, 15) is 0 Å². The molecule has 1 aromatic rings. The molecule has 0 saturated heterocycles. The topological polar surface area (TPSA) is 0 Å². The molecular formula is C17H26. The van der Waals surface area contributed by atoms with Crippen LogP contribution >= 0.6 is 0 Å². The largest absolute Gasteiger partial charge is 0.0984 e. The van der Waals surface area contributed by atoms with Gasteiger partial charge in [-0.2, -0.15) is 0 Å². The van der Waals surface area contributed by atoms with Crippen LogP contribution in [0.3, 0.4) is 0 Å². The molecule has 0 aliphatic heterocycles. The molecule has 0 aromatic heterocycles. The molecule has 0 amide bonds. The molecule has 0 atom stereocenters. The van der Waals surface area contributed by atoms with E-state index in [0.29, 0.717) is 11.8 Å². The summed E-state index contributed by atoms with van der Waals surface area (Å²) in [4.78, 5) is 0. The van der Waals surface area contributed by atoms with Gasteiger partial charge < -0.3 is 0 Å². The van der Waals surface area contributed by atoms with E-state index in [1.165, 1.54) is 27.8 Å². The highest BCUT2D eigenvalue weighted by atomic mass is 14.2. The molecule has 0 heterocycles. The molecule has 0 unspecified atom stereocenters. The maximum absolute atomic E-state index is 3.98. The molecule has 0 aliphatic carbocycles. The van der Waals surface area contributed by atoms with Gasteiger partial charge in [-0.15, -0.1) is 0 Å². The van der Waals surface area contributed by atoms with Crippen molar-refractivity contribution in [1.82, 2.24) is 0 Å². The molecule has 0 radical (unpaired) electrons. The Hall–Kier alpha value is -1.04. The summed E-state index contributed by atoms with van der Waals surface area (Å²) in [5.41, 5.74) is 7.25. The SMILES string of the molecule is C=Cc1c(C(C)C)cc(C(C)C)c(CC)c1C. The van der Waals surface area contributed by atoms with Crippen LogP contribution in [0.5, 0.6) is 0 Å². The second-order valence-electron chi connectivity index (χ2n) is 5.44. The minimum atomic E-state index is 0.560. The maximum Gasteiger partial charge on any atom is -0.0196 e. The predicted molar refractivity (Wildman–Crippen MR) is 78.8 cm³/mol. The lowest BCUT2D eigenvalue weighted by molar-refractivity contribution is 0.811. The molecule has 1 aromatic carbocycles. The molecule has 17 heavy (non-hydrogen) atoms. The average Bonchev–Trinajstić information content (AvgIpc) is 2.27. The van der Waals surface area contributed by atoms with E-state index in [1.807, 2.05) is 6.08 Å². The number of hydrogen-bond donors (Lipinski definition) is 0. The van der Waals surface area contributed by atoms with Gasteiger partial charge >= 0.3 is 0 Å². The maximum atomic E-state index is 3.98. The normalized spacial score (nSPS) is 11.3. The minimum Gasteiger partial charge on any atom is -0.0984 e. The van der Waals surface area contributed by atoms with E-state index in [-0.39, 0.29) is 0 Å². The summed E-state index contributed by atoms with van der Waals surface area (Å²) in [6.07, 6.45) is 3.13. The van der Waals surface area contributed by atoms with Gasteiger partial charge in [0, 0.05) is 0 Å². The van der Waals surface area contributed by atoms with E-state index in [0.717, 1.165) is 6.42 Å². The van der Waals surface area contributed by atoms with Crippen molar-refractivity contribution in [3.05, 3.63) is 40.5 Å². The second-order valence-corrected chi connectivity index (χ2v) is 5.44. The van der Waals surface area contributed by atoms with Crippen LogP contribution in [0.4, 0.5) is 0 Å². The van der Waals surface area contributed by atoms with Crippen molar-refractivity contribution in [2.75, 3.05) is 0 Å². The summed E-state index contributed by atoms with van der Waals surface area (Å²) in [6, 6.07) is 2.40. The predicted octanol–water partition coefficient (Wildman–Crippen LogP) is 5.45. The van der Waals surface area contributed by atoms with Gasteiger partial charge in [0.1, 0.15) is 0 Å². The van der Waals surface area contributed by atoms with Crippen molar-refractivity contribution >= 4 is 6.08 Å². The van der Waals surface area contributed by atoms with E-state index >= 15 is 0 Å². The van der Waals surface area contributed by atoms with Crippen LogP contribution in [0.15, 0.2) is 12.6 Å². The van der Waals surface area contributed by atoms with Crippen LogP contribution in [0.1, 0.15) is 74.3 Å². The molecule has 0 aliphatic rings. The fourth-order valence-electron chi connectivity index (χ4n) is 2.66. The van der Waals surface area contributed by atoms with Gasteiger partial charge in [0.2, 0.25) is 0 Å². The van der Waals surface area contributed by atoms with Gasteiger partial charge in [-0.05, 0) is 53.0 Å². The third kappa shape index (κ3) is 2.62. The lowest BCUT2D eigenvalue weighted by Crippen LogP contribution is -2.05. The van der Waals surface area contributed by atoms with Crippen LogP contribution in [-0.4, -0.2) is 0 Å². The minimum absolute atomic E-state index is 0.560. The smallest absolute Gasteiger partial charge is 0.0196 e. The monoisotopic (exact) mass is 230 g/mol. The summed E-state index contributed by atoms with van der Waals surface area (Å²) in [5, 5.41) is 0. The Morgan fingerprint density at radius 1 is 1.12 bits per heavy atom. The Balaban J connectivity index is 3.60. The number of hydrogen-bond acceptors (Lipinski definition) is 0. The van der Waals surface area contributed by atoms with E-state index < -0.39 is 0 Å². The van der Waals surface area contributed by atoms with Crippen molar-refractivity contribution in [1.29, 1.82) is 0 Å². The van der Waals surface area contributed by atoms with Crippen LogP contribution in [0.25, 0.3) is 6.08 Å². The summed E-state index contributed by atoms with van der Waals surface area (Å²) in [7, 11) is 0. The van der Waals surface area contributed by atoms with Gasteiger partial charge in [-0.3, -0.25) is 0 Å². The molecule has 94 valence electrons. The molecule has 0 spiro atoms. The molecule has 0 fully saturated rings. The van der Waals surface area contributed by atoms with Crippen molar-refractivity contribution in [3.63, 3.8) is 0 Å². The molecular weight excluding hydrogens is 204 g/mol. The zero-order chi connectivity index (χ0) is 13.2. The van der Waals surface area contributed by atoms with Crippen LogP contribution in [-0.2, 0) is 6.42 Å². The Morgan fingerprint density at radius 3 is 2.00 bits per heavy atom. The zero-order valence-corrected chi connectivity index (χ0v) is 12.2. The summed E-state index contributed by atoms with van der Waals surface area (Å²) >= 11 is 0. The third-order valence-electron chi connectivity index (χ3n) is 3.63. The van der Waals surface area contributed by atoms with Gasteiger partial charge in [-0.1, -0.05) is 53.3 Å². The van der Waals surface area contributed by atoms with Crippen molar-refractivity contribution in [2.24, 2.45) is 0 Å². The third-order valence-corrected chi connectivity index (χ3v) is 3.63. The highest BCUT2D eigenvalue weighted by Crippen LogP contribution is 2.32. The van der Waals surface area contributed by atoms with Crippen molar-refractivity contribution in [2.45, 2.75) is 59.8 Å². The van der Waals surface area contributed by atoms with Crippen molar-refractivity contribution < 1.29 is 0 Å². The van der Waals surface area contributed by atoms with Crippen LogP contribution in [0, 0.1) is 6.92 Å². The van der Waals surface area contributed by atoms with E-state index in [4.69, 9.17) is 0 Å².